The Morgan fingerprint density at radius 1 is 1.13 bits per heavy atom. The number of rotatable bonds is 7. The predicted octanol–water partition coefficient (Wildman–Crippen LogP) is 3.23. The van der Waals surface area contributed by atoms with Gasteiger partial charge in [-0.1, -0.05) is 31.2 Å². The Labute approximate surface area is 181 Å². The van der Waals surface area contributed by atoms with Gasteiger partial charge in [0.15, 0.2) is 0 Å². The summed E-state index contributed by atoms with van der Waals surface area (Å²) in [6.07, 6.45) is 2.18. The van der Waals surface area contributed by atoms with Crippen molar-refractivity contribution in [3.05, 3.63) is 57.8 Å². The molecule has 1 saturated heterocycles. The molecular weight excluding hydrogens is 398 g/mol. The molecule has 1 aromatic heterocycles. The van der Waals surface area contributed by atoms with Crippen LogP contribution >= 0.6 is 11.3 Å². The van der Waals surface area contributed by atoms with Crippen molar-refractivity contribution in [2.45, 2.75) is 39.2 Å². The second kappa shape index (κ2) is 10.4. The van der Waals surface area contributed by atoms with Gasteiger partial charge in [-0.15, -0.1) is 11.3 Å². The molecule has 1 aliphatic heterocycles. The maximum atomic E-state index is 12.9. The number of aryl methyl sites for hydroxylation is 1. The standard InChI is InChI=1S/C23H29N3O3S/c1-3-12-24-22(28)20(25-21(27)18-8-5-4-7-16(18)2)17-10-13-26(14-11-17)23(29)19-9-6-15-30-19/h4-9,15,17,20H,3,10-14H2,1-2H3,(H,24,28)(H,25,27)/t20-/m1/s1. The molecule has 1 aliphatic rings. The number of nitrogens with zero attached hydrogens (tertiary/aromatic N) is 1. The van der Waals surface area contributed by atoms with E-state index >= 15 is 0 Å². The third-order valence-corrected chi connectivity index (χ3v) is 6.40. The maximum absolute atomic E-state index is 12.9. The molecule has 0 aliphatic carbocycles. The average molecular weight is 428 g/mol. The Morgan fingerprint density at radius 2 is 1.87 bits per heavy atom. The molecule has 1 aromatic carbocycles. The van der Waals surface area contributed by atoms with Crippen molar-refractivity contribution in [2.75, 3.05) is 19.6 Å². The van der Waals surface area contributed by atoms with E-state index in [-0.39, 0.29) is 23.6 Å². The van der Waals surface area contributed by atoms with Crippen molar-refractivity contribution in [1.82, 2.24) is 15.5 Å². The maximum Gasteiger partial charge on any atom is 0.263 e. The van der Waals surface area contributed by atoms with E-state index in [4.69, 9.17) is 0 Å². The van der Waals surface area contributed by atoms with Gasteiger partial charge in [0.2, 0.25) is 5.91 Å². The summed E-state index contributed by atoms with van der Waals surface area (Å²) in [6, 6.07) is 10.5. The molecule has 0 unspecified atom stereocenters. The summed E-state index contributed by atoms with van der Waals surface area (Å²) in [5.74, 6) is -0.356. The Morgan fingerprint density at radius 3 is 2.50 bits per heavy atom. The smallest absolute Gasteiger partial charge is 0.263 e. The van der Waals surface area contributed by atoms with Gasteiger partial charge in [-0.2, -0.15) is 0 Å². The predicted molar refractivity (Wildman–Crippen MR) is 119 cm³/mol. The summed E-state index contributed by atoms with van der Waals surface area (Å²) in [7, 11) is 0. The van der Waals surface area contributed by atoms with Crippen molar-refractivity contribution in [3.8, 4) is 0 Å². The number of nitrogens with one attached hydrogen (secondary N) is 2. The van der Waals surface area contributed by atoms with Crippen LogP contribution in [0.1, 0.15) is 51.8 Å². The number of thiophene rings is 1. The third-order valence-electron chi connectivity index (χ3n) is 5.54. The van der Waals surface area contributed by atoms with Gasteiger partial charge in [0.05, 0.1) is 4.88 Å². The Kier molecular flexibility index (Phi) is 7.63. The molecule has 3 amide bonds. The van der Waals surface area contributed by atoms with Crippen LogP contribution in [0.5, 0.6) is 0 Å². The fourth-order valence-electron chi connectivity index (χ4n) is 3.79. The number of hydrogen-bond acceptors (Lipinski definition) is 4. The van der Waals surface area contributed by atoms with E-state index in [1.807, 2.05) is 54.5 Å². The molecule has 3 rings (SSSR count). The average Bonchev–Trinajstić information content (AvgIpc) is 3.30. The van der Waals surface area contributed by atoms with Gasteiger partial charge in [0, 0.05) is 25.2 Å². The van der Waals surface area contributed by atoms with Crippen LogP contribution in [0, 0.1) is 12.8 Å². The lowest BCUT2D eigenvalue weighted by atomic mass is 9.88. The zero-order valence-corrected chi connectivity index (χ0v) is 18.3. The van der Waals surface area contributed by atoms with Crippen molar-refractivity contribution < 1.29 is 14.4 Å². The Hall–Kier alpha value is -2.67. The van der Waals surface area contributed by atoms with Crippen LogP contribution in [0.25, 0.3) is 0 Å². The first-order valence-electron chi connectivity index (χ1n) is 10.5. The minimum Gasteiger partial charge on any atom is -0.354 e. The molecule has 0 saturated carbocycles. The monoisotopic (exact) mass is 427 g/mol. The highest BCUT2D eigenvalue weighted by Crippen LogP contribution is 2.24. The summed E-state index contributed by atoms with van der Waals surface area (Å²) < 4.78 is 0. The Bertz CT molecular complexity index is 874. The van der Waals surface area contributed by atoms with E-state index < -0.39 is 6.04 Å². The van der Waals surface area contributed by atoms with Gasteiger partial charge in [0.1, 0.15) is 6.04 Å². The van der Waals surface area contributed by atoms with E-state index in [0.29, 0.717) is 38.0 Å². The fraction of sp³-hybridized carbons (Fsp3) is 0.435. The van der Waals surface area contributed by atoms with Crippen LogP contribution in [0.2, 0.25) is 0 Å². The molecule has 6 nitrogen and oxygen atoms in total. The van der Waals surface area contributed by atoms with Crippen molar-refractivity contribution in [2.24, 2.45) is 5.92 Å². The lowest BCUT2D eigenvalue weighted by Crippen LogP contribution is -2.54. The van der Waals surface area contributed by atoms with E-state index in [0.717, 1.165) is 16.9 Å². The van der Waals surface area contributed by atoms with Gasteiger partial charge in [-0.25, -0.2) is 0 Å². The highest BCUT2D eigenvalue weighted by Gasteiger charge is 2.34. The van der Waals surface area contributed by atoms with Gasteiger partial charge in [-0.3, -0.25) is 14.4 Å². The highest BCUT2D eigenvalue weighted by molar-refractivity contribution is 7.12. The van der Waals surface area contributed by atoms with E-state index in [1.54, 1.807) is 6.07 Å². The van der Waals surface area contributed by atoms with Crippen molar-refractivity contribution >= 4 is 29.1 Å². The van der Waals surface area contributed by atoms with Crippen LogP contribution in [0.4, 0.5) is 0 Å². The minimum absolute atomic E-state index is 0.0118. The normalized spacial score (nSPS) is 15.5. The summed E-state index contributed by atoms with van der Waals surface area (Å²) in [4.78, 5) is 40.9. The first-order chi connectivity index (χ1) is 14.5. The molecule has 2 N–H and O–H groups in total. The van der Waals surface area contributed by atoms with Gasteiger partial charge < -0.3 is 15.5 Å². The second-order valence-electron chi connectivity index (χ2n) is 7.66. The van der Waals surface area contributed by atoms with E-state index in [9.17, 15) is 14.4 Å². The number of amides is 3. The molecular formula is C23H29N3O3S. The lowest BCUT2D eigenvalue weighted by Gasteiger charge is -2.35. The summed E-state index contributed by atoms with van der Waals surface area (Å²) >= 11 is 1.44. The molecule has 1 fully saturated rings. The van der Waals surface area contributed by atoms with Crippen LogP contribution < -0.4 is 10.6 Å². The highest BCUT2D eigenvalue weighted by atomic mass is 32.1. The number of hydrogen-bond donors (Lipinski definition) is 2. The van der Waals surface area contributed by atoms with E-state index in [1.165, 1.54) is 11.3 Å². The number of piperidine rings is 1. The molecule has 2 aromatic rings. The molecule has 7 heteroatoms. The fourth-order valence-corrected chi connectivity index (χ4v) is 4.49. The summed E-state index contributed by atoms with van der Waals surface area (Å²) in [5.41, 5.74) is 1.45. The minimum atomic E-state index is -0.609. The summed E-state index contributed by atoms with van der Waals surface area (Å²) in [6.45, 7) is 5.62. The van der Waals surface area contributed by atoms with Crippen LogP contribution in [0.3, 0.4) is 0 Å². The van der Waals surface area contributed by atoms with Gasteiger partial charge >= 0.3 is 0 Å². The SMILES string of the molecule is CCCNC(=O)[C@H](NC(=O)c1ccccc1C)C1CCN(C(=O)c2cccs2)CC1. The molecule has 30 heavy (non-hydrogen) atoms. The van der Waals surface area contributed by atoms with Crippen molar-refractivity contribution in [1.29, 1.82) is 0 Å². The Balaban J connectivity index is 1.68. The molecule has 0 bridgehead atoms. The lowest BCUT2D eigenvalue weighted by molar-refractivity contribution is -0.124. The first-order valence-corrected chi connectivity index (χ1v) is 11.4. The molecule has 1 atom stereocenters. The topological polar surface area (TPSA) is 78.5 Å². The zero-order valence-electron chi connectivity index (χ0n) is 17.5. The molecule has 2 heterocycles. The molecule has 0 radical (unpaired) electrons. The second-order valence-corrected chi connectivity index (χ2v) is 8.61. The number of carbonyl (C=O) groups excluding carboxylic acids is 3. The van der Waals surface area contributed by atoms with Crippen LogP contribution in [0.15, 0.2) is 41.8 Å². The van der Waals surface area contributed by atoms with Crippen molar-refractivity contribution in [3.63, 3.8) is 0 Å². The summed E-state index contributed by atoms with van der Waals surface area (Å²) in [5, 5.41) is 7.79. The van der Waals surface area contributed by atoms with Gasteiger partial charge in [0.25, 0.3) is 11.8 Å². The largest absolute Gasteiger partial charge is 0.354 e. The first kappa shape index (κ1) is 22.0. The van der Waals surface area contributed by atoms with Gasteiger partial charge in [-0.05, 0) is 55.2 Å². The zero-order chi connectivity index (χ0) is 21.5. The third kappa shape index (κ3) is 5.27. The number of carbonyl (C=O) groups is 3. The number of benzene rings is 1. The van der Waals surface area contributed by atoms with E-state index in [2.05, 4.69) is 10.6 Å². The number of likely N-dealkylation sites (tertiary alicyclic amines) is 1. The van der Waals surface area contributed by atoms with Crippen LogP contribution in [-0.2, 0) is 4.79 Å². The molecule has 0 spiro atoms. The van der Waals surface area contributed by atoms with Crippen LogP contribution in [-0.4, -0.2) is 48.3 Å². The molecule has 160 valence electrons. The quantitative estimate of drug-likeness (QED) is 0.712.